The molecule has 0 spiro atoms. The summed E-state index contributed by atoms with van der Waals surface area (Å²) in [4.78, 5) is 26.7. The van der Waals surface area contributed by atoms with Crippen molar-refractivity contribution in [1.29, 1.82) is 0 Å². The summed E-state index contributed by atoms with van der Waals surface area (Å²) < 4.78 is 31.7. The lowest BCUT2D eigenvalue weighted by Gasteiger charge is -2.28. The van der Waals surface area contributed by atoms with Crippen LogP contribution in [0.25, 0.3) is 0 Å². The summed E-state index contributed by atoms with van der Waals surface area (Å²) in [5.74, 6) is -0.655. The van der Waals surface area contributed by atoms with Crippen molar-refractivity contribution in [1.82, 2.24) is 9.21 Å². The lowest BCUT2D eigenvalue weighted by Crippen LogP contribution is -2.42. The van der Waals surface area contributed by atoms with E-state index in [-0.39, 0.29) is 11.4 Å². The Labute approximate surface area is 164 Å². The van der Waals surface area contributed by atoms with Crippen molar-refractivity contribution in [2.24, 2.45) is 0 Å². The Balaban J connectivity index is 2.00. The van der Waals surface area contributed by atoms with Gasteiger partial charge in [0, 0.05) is 0 Å². The molecule has 28 heavy (non-hydrogen) atoms. The number of nitrogens with zero attached hydrogens (tertiary/aromatic N) is 2. The number of urea groups is 1. The molecule has 1 unspecified atom stereocenters. The number of amides is 2. The molecular formula is C20H22N2O5S. The highest BCUT2D eigenvalue weighted by Crippen LogP contribution is 2.32. The number of sulfonamides is 1. The Morgan fingerprint density at radius 1 is 1.11 bits per heavy atom. The Bertz CT molecular complexity index is 973. The SMILES string of the molecule is COC(=O)[C@H]1CN(S(=O)(=O)c2ccc(C)cc2)C(=O)N1C(C)c1ccccc1. The van der Waals surface area contributed by atoms with Crippen LogP contribution in [0, 0.1) is 6.92 Å². The van der Waals surface area contributed by atoms with E-state index in [1.54, 1.807) is 19.1 Å². The first-order valence-electron chi connectivity index (χ1n) is 8.82. The predicted octanol–water partition coefficient (Wildman–Crippen LogP) is 2.72. The van der Waals surface area contributed by atoms with Crippen molar-refractivity contribution in [3.05, 3.63) is 65.7 Å². The van der Waals surface area contributed by atoms with Crippen molar-refractivity contribution < 1.29 is 22.7 Å². The Morgan fingerprint density at radius 3 is 2.29 bits per heavy atom. The summed E-state index contributed by atoms with van der Waals surface area (Å²) in [5, 5.41) is 0. The number of hydrogen-bond acceptors (Lipinski definition) is 5. The number of rotatable bonds is 5. The molecule has 0 radical (unpaired) electrons. The summed E-state index contributed by atoms with van der Waals surface area (Å²) >= 11 is 0. The smallest absolute Gasteiger partial charge is 0.335 e. The number of hydrogen-bond donors (Lipinski definition) is 0. The minimum Gasteiger partial charge on any atom is -0.467 e. The molecule has 0 aliphatic carbocycles. The monoisotopic (exact) mass is 402 g/mol. The number of aryl methyl sites for hydroxylation is 1. The predicted molar refractivity (Wildman–Crippen MR) is 103 cm³/mol. The molecule has 1 aliphatic rings. The number of benzene rings is 2. The molecule has 8 heteroatoms. The van der Waals surface area contributed by atoms with Crippen LogP contribution in [-0.4, -0.2) is 49.3 Å². The first kappa shape index (κ1) is 19.9. The molecule has 0 saturated carbocycles. The van der Waals surface area contributed by atoms with Gasteiger partial charge in [0.05, 0.1) is 24.6 Å². The molecule has 2 aromatic rings. The molecule has 1 heterocycles. The molecule has 0 aromatic heterocycles. The van der Waals surface area contributed by atoms with Gasteiger partial charge >= 0.3 is 12.0 Å². The maximum absolute atomic E-state index is 13.1. The number of methoxy groups -OCH3 is 1. The standard InChI is InChI=1S/C20H22N2O5S/c1-14-9-11-17(12-10-14)28(25,26)21-13-18(19(23)27-3)22(20(21)24)15(2)16-7-5-4-6-8-16/h4-12,15,18H,13H2,1-3H3/t15?,18-/m1/s1. The molecule has 3 rings (SSSR count). The highest BCUT2D eigenvalue weighted by Gasteiger charge is 2.49. The summed E-state index contributed by atoms with van der Waals surface area (Å²) in [6.07, 6.45) is 0. The normalized spacial score (nSPS) is 18.2. The van der Waals surface area contributed by atoms with Gasteiger partial charge in [-0.15, -0.1) is 0 Å². The molecule has 1 saturated heterocycles. The summed E-state index contributed by atoms with van der Waals surface area (Å²) in [7, 11) is -2.88. The molecule has 0 N–H and O–H groups in total. The summed E-state index contributed by atoms with van der Waals surface area (Å²) in [6.45, 7) is 3.30. The molecule has 1 fully saturated rings. The van der Waals surface area contributed by atoms with E-state index in [0.29, 0.717) is 0 Å². The average molecular weight is 402 g/mol. The fourth-order valence-electron chi connectivity index (χ4n) is 3.28. The molecule has 7 nitrogen and oxygen atoms in total. The van der Waals surface area contributed by atoms with E-state index in [2.05, 4.69) is 0 Å². The van der Waals surface area contributed by atoms with Crippen LogP contribution in [0.5, 0.6) is 0 Å². The molecule has 2 aromatic carbocycles. The summed E-state index contributed by atoms with van der Waals surface area (Å²) in [5.41, 5.74) is 1.69. The van der Waals surface area contributed by atoms with E-state index in [4.69, 9.17) is 4.74 Å². The molecule has 1 aliphatic heterocycles. The van der Waals surface area contributed by atoms with Gasteiger partial charge in [0.15, 0.2) is 6.04 Å². The van der Waals surface area contributed by atoms with Gasteiger partial charge in [-0.25, -0.2) is 22.3 Å². The molecule has 148 valence electrons. The van der Waals surface area contributed by atoms with Crippen molar-refractivity contribution >= 4 is 22.0 Å². The molecular weight excluding hydrogens is 380 g/mol. The van der Waals surface area contributed by atoms with Gasteiger partial charge in [-0.3, -0.25) is 0 Å². The summed E-state index contributed by atoms with van der Waals surface area (Å²) in [6, 6.07) is 13.1. The maximum Gasteiger partial charge on any atom is 0.335 e. The van der Waals surface area contributed by atoms with Crippen LogP contribution in [-0.2, 0) is 19.6 Å². The van der Waals surface area contributed by atoms with E-state index in [9.17, 15) is 18.0 Å². The van der Waals surface area contributed by atoms with Crippen LogP contribution >= 0.6 is 0 Å². The molecule has 2 amide bonds. The van der Waals surface area contributed by atoms with Gasteiger partial charge in [-0.1, -0.05) is 48.0 Å². The van der Waals surface area contributed by atoms with E-state index in [1.165, 1.54) is 24.1 Å². The van der Waals surface area contributed by atoms with E-state index >= 15 is 0 Å². The van der Waals surface area contributed by atoms with Crippen molar-refractivity contribution in [3.8, 4) is 0 Å². The number of carbonyl (C=O) groups excluding carboxylic acids is 2. The maximum atomic E-state index is 13.1. The molecule has 0 bridgehead atoms. The second kappa shape index (κ2) is 7.63. The lowest BCUT2D eigenvalue weighted by atomic mass is 10.1. The van der Waals surface area contributed by atoms with Gasteiger partial charge < -0.3 is 9.64 Å². The third kappa shape index (κ3) is 3.47. The highest BCUT2D eigenvalue weighted by molar-refractivity contribution is 7.89. The van der Waals surface area contributed by atoms with Gasteiger partial charge in [0.1, 0.15) is 0 Å². The van der Waals surface area contributed by atoms with Gasteiger partial charge in [0.2, 0.25) is 0 Å². The van der Waals surface area contributed by atoms with Gasteiger partial charge in [-0.05, 0) is 31.5 Å². The first-order valence-corrected chi connectivity index (χ1v) is 10.3. The van der Waals surface area contributed by atoms with Crippen molar-refractivity contribution in [3.63, 3.8) is 0 Å². The van der Waals surface area contributed by atoms with Crippen LogP contribution in [0.1, 0.15) is 24.1 Å². The third-order valence-electron chi connectivity index (χ3n) is 4.89. The Kier molecular flexibility index (Phi) is 5.42. The minimum atomic E-state index is -4.09. The first-order chi connectivity index (χ1) is 13.3. The van der Waals surface area contributed by atoms with Crippen LogP contribution < -0.4 is 0 Å². The lowest BCUT2D eigenvalue weighted by molar-refractivity contribution is -0.145. The van der Waals surface area contributed by atoms with Crippen LogP contribution in [0.2, 0.25) is 0 Å². The van der Waals surface area contributed by atoms with Crippen LogP contribution in [0.3, 0.4) is 0 Å². The second-order valence-corrected chi connectivity index (χ2v) is 8.53. The second-order valence-electron chi connectivity index (χ2n) is 6.66. The van der Waals surface area contributed by atoms with E-state index < -0.39 is 34.1 Å². The fraction of sp³-hybridized carbons (Fsp3) is 0.300. The largest absolute Gasteiger partial charge is 0.467 e. The van der Waals surface area contributed by atoms with E-state index in [0.717, 1.165) is 15.4 Å². The zero-order chi connectivity index (χ0) is 20.5. The Hall–Kier alpha value is -2.87. The third-order valence-corrected chi connectivity index (χ3v) is 6.64. The fourth-order valence-corrected chi connectivity index (χ4v) is 4.65. The van der Waals surface area contributed by atoms with Gasteiger partial charge in [-0.2, -0.15) is 0 Å². The zero-order valence-corrected chi connectivity index (χ0v) is 16.7. The van der Waals surface area contributed by atoms with E-state index in [1.807, 2.05) is 37.3 Å². The number of carbonyl (C=O) groups is 2. The minimum absolute atomic E-state index is 0.00396. The van der Waals surface area contributed by atoms with Crippen molar-refractivity contribution in [2.45, 2.75) is 30.8 Å². The Morgan fingerprint density at radius 2 is 1.71 bits per heavy atom. The van der Waals surface area contributed by atoms with Crippen LogP contribution in [0.4, 0.5) is 4.79 Å². The highest BCUT2D eigenvalue weighted by atomic mass is 32.2. The van der Waals surface area contributed by atoms with Gasteiger partial charge in [0.25, 0.3) is 10.0 Å². The van der Waals surface area contributed by atoms with Crippen LogP contribution in [0.15, 0.2) is 59.5 Å². The zero-order valence-electron chi connectivity index (χ0n) is 15.9. The average Bonchev–Trinajstić information content (AvgIpc) is 3.05. The van der Waals surface area contributed by atoms with Crippen molar-refractivity contribution in [2.75, 3.05) is 13.7 Å². The quantitative estimate of drug-likeness (QED) is 0.718. The topological polar surface area (TPSA) is 84.0 Å². The number of esters is 1. The number of ether oxygens (including phenoxy) is 1. The molecule has 2 atom stereocenters.